The number of rotatable bonds is 4. The van der Waals surface area contributed by atoms with Crippen molar-refractivity contribution in [2.24, 2.45) is 0 Å². The minimum Gasteiger partial charge on any atom is -0.324 e. The first-order valence-electron chi connectivity index (χ1n) is 9.22. The lowest BCUT2D eigenvalue weighted by Gasteiger charge is -2.10. The summed E-state index contributed by atoms with van der Waals surface area (Å²) in [6.45, 7) is 5.79. The average Bonchev–Trinajstić information content (AvgIpc) is 3.05. The fourth-order valence-corrected chi connectivity index (χ4v) is 3.98. The third kappa shape index (κ3) is 4.09. The van der Waals surface area contributed by atoms with Crippen LogP contribution in [0.2, 0.25) is 0 Å². The number of nitrogens with one attached hydrogen (secondary N) is 1. The van der Waals surface area contributed by atoms with Gasteiger partial charge in [-0.15, -0.1) is 11.3 Å². The molecule has 29 heavy (non-hydrogen) atoms. The largest absolute Gasteiger partial charge is 0.324 e. The van der Waals surface area contributed by atoms with E-state index in [1.54, 1.807) is 17.4 Å². The fourth-order valence-electron chi connectivity index (χ4n) is 3.17. The minimum atomic E-state index is -0.320. The maximum Gasteiger partial charge on any atom is 0.267 e. The Bertz CT molecular complexity index is 1290. The zero-order valence-corrected chi connectivity index (χ0v) is 17.2. The van der Waals surface area contributed by atoms with E-state index in [2.05, 4.69) is 15.4 Å². The number of amides is 1. The Morgan fingerprint density at radius 3 is 2.72 bits per heavy atom. The van der Waals surface area contributed by atoms with E-state index in [1.165, 1.54) is 10.7 Å². The summed E-state index contributed by atoms with van der Waals surface area (Å²) in [4.78, 5) is 29.2. The number of hydrogen-bond donors (Lipinski definition) is 1. The Hall–Kier alpha value is -3.32. The van der Waals surface area contributed by atoms with Gasteiger partial charge in [0, 0.05) is 17.3 Å². The molecule has 0 saturated carbocycles. The molecule has 4 rings (SSSR count). The van der Waals surface area contributed by atoms with E-state index in [4.69, 9.17) is 0 Å². The molecule has 2 heterocycles. The van der Waals surface area contributed by atoms with Crippen molar-refractivity contribution in [1.29, 1.82) is 0 Å². The summed E-state index contributed by atoms with van der Waals surface area (Å²) < 4.78 is 2.26. The van der Waals surface area contributed by atoms with Gasteiger partial charge in [0.15, 0.2) is 0 Å². The minimum absolute atomic E-state index is 0.161. The summed E-state index contributed by atoms with van der Waals surface area (Å²) in [5, 5.41) is 8.21. The van der Waals surface area contributed by atoms with Crippen LogP contribution < -0.4 is 10.9 Å². The summed E-state index contributed by atoms with van der Waals surface area (Å²) >= 11 is 1.61. The Labute approximate surface area is 171 Å². The molecule has 0 unspecified atom stereocenters. The van der Waals surface area contributed by atoms with Crippen LogP contribution in [0.4, 0.5) is 5.69 Å². The highest BCUT2D eigenvalue weighted by atomic mass is 32.1. The second kappa shape index (κ2) is 7.60. The average molecular weight is 404 g/mol. The van der Waals surface area contributed by atoms with Crippen LogP contribution in [0, 0.1) is 20.8 Å². The van der Waals surface area contributed by atoms with Crippen LogP contribution >= 0.6 is 11.3 Å². The van der Waals surface area contributed by atoms with Crippen molar-refractivity contribution in [3.63, 3.8) is 0 Å². The van der Waals surface area contributed by atoms with Crippen LogP contribution in [0.5, 0.6) is 0 Å². The summed E-state index contributed by atoms with van der Waals surface area (Å²) in [6.07, 6.45) is 0. The lowest BCUT2D eigenvalue weighted by molar-refractivity contribution is -0.117. The molecule has 1 N–H and O–H groups in total. The molecule has 4 aromatic rings. The van der Waals surface area contributed by atoms with Gasteiger partial charge in [-0.05, 0) is 56.7 Å². The highest BCUT2D eigenvalue weighted by Crippen LogP contribution is 2.24. The monoisotopic (exact) mass is 404 g/mol. The van der Waals surface area contributed by atoms with E-state index in [0.717, 1.165) is 31.9 Å². The van der Waals surface area contributed by atoms with Crippen LogP contribution in [-0.4, -0.2) is 20.7 Å². The molecule has 2 aromatic heterocycles. The van der Waals surface area contributed by atoms with Crippen molar-refractivity contribution >= 4 is 33.1 Å². The number of benzene rings is 2. The van der Waals surface area contributed by atoms with Gasteiger partial charge in [-0.25, -0.2) is 9.67 Å². The molecule has 2 aromatic carbocycles. The van der Waals surface area contributed by atoms with Crippen molar-refractivity contribution in [2.45, 2.75) is 27.3 Å². The summed E-state index contributed by atoms with van der Waals surface area (Å²) in [5.41, 5.74) is 4.95. The summed E-state index contributed by atoms with van der Waals surface area (Å²) in [7, 11) is 0. The number of nitrogens with zero attached hydrogens (tertiary/aromatic N) is 3. The van der Waals surface area contributed by atoms with E-state index in [-0.39, 0.29) is 18.0 Å². The standard InChI is InChI=1S/C22H20N4O2S/c1-13-4-5-14(2)17(10-13)18-7-9-22(28)26(25-18)12-21(27)24-16-6-8-20-19(11-16)23-15(3)29-20/h4-11H,12H2,1-3H3,(H,24,27). The molecule has 0 saturated heterocycles. The SMILES string of the molecule is Cc1ccc(C)c(-c2ccc(=O)n(CC(=O)Nc3ccc4sc(C)nc4c3)n2)c1. The van der Waals surface area contributed by atoms with Gasteiger partial charge in [0.2, 0.25) is 5.91 Å². The van der Waals surface area contributed by atoms with Crippen molar-refractivity contribution in [3.05, 3.63) is 75.0 Å². The molecule has 0 atom stereocenters. The van der Waals surface area contributed by atoms with Crippen LogP contribution in [0.15, 0.2) is 53.3 Å². The highest BCUT2D eigenvalue weighted by molar-refractivity contribution is 7.18. The first kappa shape index (κ1) is 19.0. The Balaban J connectivity index is 1.57. The van der Waals surface area contributed by atoms with Gasteiger partial charge in [0.1, 0.15) is 6.54 Å². The van der Waals surface area contributed by atoms with E-state index in [9.17, 15) is 9.59 Å². The van der Waals surface area contributed by atoms with E-state index in [1.807, 2.05) is 57.2 Å². The number of anilines is 1. The molecule has 0 aliphatic heterocycles. The number of aromatic nitrogens is 3. The smallest absolute Gasteiger partial charge is 0.267 e. The molecular weight excluding hydrogens is 384 g/mol. The van der Waals surface area contributed by atoms with Crippen molar-refractivity contribution < 1.29 is 4.79 Å². The molecule has 7 heteroatoms. The maximum absolute atomic E-state index is 12.5. The van der Waals surface area contributed by atoms with Gasteiger partial charge >= 0.3 is 0 Å². The Morgan fingerprint density at radius 2 is 1.90 bits per heavy atom. The molecule has 1 amide bonds. The molecular formula is C22H20N4O2S. The first-order chi connectivity index (χ1) is 13.9. The van der Waals surface area contributed by atoms with E-state index < -0.39 is 0 Å². The molecule has 0 spiro atoms. The lowest BCUT2D eigenvalue weighted by atomic mass is 10.0. The summed E-state index contributed by atoms with van der Waals surface area (Å²) in [6, 6.07) is 14.8. The van der Waals surface area contributed by atoms with Crippen LogP contribution in [0.3, 0.4) is 0 Å². The van der Waals surface area contributed by atoms with Crippen molar-refractivity contribution in [2.75, 3.05) is 5.32 Å². The zero-order valence-electron chi connectivity index (χ0n) is 16.4. The second-order valence-electron chi connectivity index (χ2n) is 7.00. The van der Waals surface area contributed by atoms with Crippen LogP contribution in [0.1, 0.15) is 16.1 Å². The predicted molar refractivity (Wildman–Crippen MR) is 116 cm³/mol. The van der Waals surface area contributed by atoms with Crippen LogP contribution in [-0.2, 0) is 11.3 Å². The van der Waals surface area contributed by atoms with Gasteiger partial charge in [-0.2, -0.15) is 5.10 Å². The van der Waals surface area contributed by atoms with Crippen LogP contribution in [0.25, 0.3) is 21.5 Å². The number of carbonyl (C=O) groups excluding carboxylic acids is 1. The molecule has 146 valence electrons. The molecule has 0 aliphatic carbocycles. The van der Waals surface area contributed by atoms with E-state index in [0.29, 0.717) is 11.4 Å². The normalized spacial score (nSPS) is 11.0. The number of aryl methyl sites for hydroxylation is 3. The van der Waals surface area contributed by atoms with Gasteiger partial charge in [-0.3, -0.25) is 9.59 Å². The quantitative estimate of drug-likeness (QED) is 0.556. The second-order valence-corrected chi connectivity index (χ2v) is 8.23. The summed E-state index contributed by atoms with van der Waals surface area (Å²) in [5.74, 6) is -0.316. The van der Waals surface area contributed by atoms with Crippen molar-refractivity contribution in [1.82, 2.24) is 14.8 Å². The predicted octanol–water partition coefficient (Wildman–Crippen LogP) is 4.08. The number of hydrogen-bond acceptors (Lipinski definition) is 5. The third-order valence-corrected chi connectivity index (χ3v) is 5.56. The highest BCUT2D eigenvalue weighted by Gasteiger charge is 2.11. The topological polar surface area (TPSA) is 76.9 Å². The molecule has 0 radical (unpaired) electrons. The lowest BCUT2D eigenvalue weighted by Crippen LogP contribution is -2.29. The first-order valence-corrected chi connectivity index (χ1v) is 10.0. The van der Waals surface area contributed by atoms with Gasteiger partial charge in [0.25, 0.3) is 5.56 Å². The zero-order chi connectivity index (χ0) is 20.5. The Morgan fingerprint density at radius 1 is 1.07 bits per heavy atom. The number of thiazole rings is 1. The van der Waals surface area contributed by atoms with Crippen molar-refractivity contribution in [3.8, 4) is 11.3 Å². The molecule has 6 nitrogen and oxygen atoms in total. The van der Waals surface area contributed by atoms with Gasteiger partial charge in [-0.1, -0.05) is 17.7 Å². The number of carbonyl (C=O) groups is 1. The number of fused-ring (bicyclic) bond motifs is 1. The molecule has 0 fully saturated rings. The van der Waals surface area contributed by atoms with E-state index >= 15 is 0 Å². The fraction of sp³-hybridized carbons (Fsp3) is 0.182. The van der Waals surface area contributed by atoms with Gasteiger partial charge in [0.05, 0.1) is 20.9 Å². The third-order valence-electron chi connectivity index (χ3n) is 4.61. The maximum atomic E-state index is 12.5. The molecule has 0 aliphatic rings. The molecule has 0 bridgehead atoms. The van der Waals surface area contributed by atoms with Gasteiger partial charge < -0.3 is 5.32 Å². The Kier molecular flexibility index (Phi) is 4.98.